The minimum absolute atomic E-state index is 0.256. The van der Waals surface area contributed by atoms with E-state index in [0.717, 1.165) is 11.4 Å². The summed E-state index contributed by atoms with van der Waals surface area (Å²) in [6.45, 7) is 0.445. The van der Waals surface area contributed by atoms with Gasteiger partial charge < -0.3 is 9.73 Å². The summed E-state index contributed by atoms with van der Waals surface area (Å²) >= 11 is 3.16. The monoisotopic (exact) mass is 360 g/mol. The molecule has 0 saturated heterocycles. The number of amides is 1. The van der Waals surface area contributed by atoms with Gasteiger partial charge in [0.1, 0.15) is 5.82 Å². The quantitative estimate of drug-likeness (QED) is 0.732. The van der Waals surface area contributed by atoms with Gasteiger partial charge in [0.2, 0.25) is 0 Å². The zero-order chi connectivity index (χ0) is 15.4. The van der Waals surface area contributed by atoms with Crippen LogP contribution >= 0.6 is 15.9 Å². The second-order valence-electron chi connectivity index (χ2n) is 4.58. The fourth-order valence-corrected chi connectivity index (χ4v) is 2.25. The molecule has 1 amide bonds. The zero-order valence-corrected chi connectivity index (χ0v) is 13.1. The highest BCUT2D eigenvalue weighted by molar-refractivity contribution is 9.10. The number of carbonyl (C=O) groups is 1. The highest BCUT2D eigenvalue weighted by Gasteiger charge is 2.10. The largest absolute Gasteiger partial charge is 0.444 e. The lowest BCUT2D eigenvalue weighted by atomic mass is 10.2. The van der Waals surface area contributed by atoms with Gasteiger partial charge in [-0.25, -0.2) is 4.98 Å². The van der Waals surface area contributed by atoms with Gasteiger partial charge in [0, 0.05) is 18.5 Å². The minimum atomic E-state index is -0.256. The van der Waals surface area contributed by atoms with Crippen molar-refractivity contribution in [1.29, 1.82) is 0 Å². The molecule has 0 aliphatic heterocycles. The van der Waals surface area contributed by atoms with E-state index in [9.17, 15) is 4.79 Å². The van der Waals surface area contributed by atoms with E-state index in [0.29, 0.717) is 23.5 Å². The normalized spacial score (nSPS) is 10.6. The number of aromatic amines is 1. The molecular formula is C15H13BrN4O2. The zero-order valence-electron chi connectivity index (χ0n) is 11.5. The summed E-state index contributed by atoms with van der Waals surface area (Å²) in [5.74, 6) is 1.39. The lowest BCUT2D eigenvalue weighted by Gasteiger charge is -2.00. The number of aromatic nitrogens is 3. The molecule has 0 radical (unpaired) electrons. The Labute approximate surface area is 135 Å². The predicted molar refractivity (Wildman–Crippen MR) is 84.3 cm³/mol. The molecule has 0 aliphatic carbocycles. The minimum Gasteiger partial charge on any atom is -0.444 e. The molecule has 0 saturated carbocycles. The van der Waals surface area contributed by atoms with Crippen molar-refractivity contribution < 1.29 is 9.21 Å². The maximum atomic E-state index is 11.8. The SMILES string of the molecule is O=C(NCCc1nc(-c2ccccc2)n[nH]1)c1ccc(Br)o1. The van der Waals surface area contributed by atoms with Crippen LogP contribution in [0.2, 0.25) is 0 Å². The molecule has 2 N–H and O–H groups in total. The van der Waals surface area contributed by atoms with Crippen LogP contribution in [0.3, 0.4) is 0 Å². The third-order valence-corrected chi connectivity index (χ3v) is 3.43. The van der Waals surface area contributed by atoms with E-state index in [1.165, 1.54) is 0 Å². The van der Waals surface area contributed by atoms with Gasteiger partial charge in [0.25, 0.3) is 5.91 Å². The molecule has 0 atom stereocenters. The van der Waals surface area contributed by atoms with E-state index < -0.39 is 0 Å². The molecule has 0 bridgehead atoms. The van der Waals surface area contributed by atoms with Crippen molar-refractivity contribution in [2.45, 2.75) is 6.42 Å². The first-order chi connectivity index (χ1) is 10.7. The maximum Gasteiger partial charge on any atom is 0.287 e. The van der Waals surface area contributed by atoms with Crippen LogP contribution in [-0.4, -0.2) is 27.6 Å². The van der Waals surface area contributed by atoms with Crippen molar-refractivity contribution in [3.63, 3.8) is 0 Å². The van der Waals surface area contributed by atoms with Gasteiger partial charge in [-0.05, 0) is 28.1 Å². The van der Waals surface area contributed by atoms with Gasteiger partial charge in [-0.15, -0.1) is 0 Å². The van der Waals surface area contributed by atoms with Crippen LogP contribution in [0.5, 0.6) is 0 Å². The Morgan fingerprint density at radius 1 is 1.23 bits per heavy atom. The number of nitrogens with one attached hydrogen (secondary N) is 2. The molecule has 22 heavy (non-hydrogen) atoms. The Balaban J connectivity index is 1.54. The first-order valence-corrected chi connectivity index (χ1v) is 7.52. The molecular weight excluding hydrogens is 348 g/mol. The highest BCUT2D eigenvalue weighted by atomic mass is 79.9. The Morgan fingerprint density at radius 2 is 2.05 bits per heavy atom. The van der Waals surface area contributed by atoms with E-state index in [4.69, 9.17) is 4.42 Å². The molecule has 0 aliphatic rings. The third-order valence-electron chi connectivity index (χ3n) is 3.01. The van der Waals surface area contributed by atoms with Crippen molar-refractivity contribution in [1.82, 2.24) is 20.5 Å². The van der Waals surface area contributed by atoms with Crippen LogP contribution in [-0.2, 0) is 6.42 Å². The fraction of sp³-hybridized carbons (Fsp3) is 0.133. The Hall–Kier alpha value is -2.41. The average molecular weight is 361 g/mol. The Morgan fingerprint density at radius 3 is 2.77 bits per heavy atom. The first-order valence-electron chi connectivity index (χ1n) is 6.72. The lowest BCUT2D eigenvalue weighted by molar-refractivity contribution is 0.0925. The summed E-state index contributed by atoms with van der Waals surface area (Å²) < 4.78 is 5.71. The van der Waals surface area contributed by atoms with Crippen LogP contribution in [0.25, 0.3) is 11.4 Å². The topological polar surface area (TPSA) is 83.8 Å². The number of nitrogens with zero attached hydrogens (tertiary/aromatic N) is 2. The number of halogens is 1. The smallest absolute Gasteiger partial charge is 0.287 e. The van der Waals surface area contributed by atoms with E-state index in [1.807, 2.05) is 30.3 Å². The van der Waals surface area contributed by atoms with Gasteiger partial charge in [-0.1, -0.05) is 30.3 Å². The van der Waals surface area contributed by atoms with Crippen LogP contribution in [0.1, 0.15) is 16.4 Å². The third kappa shape index (κ3) is 3.43. The van der Waals surface area contributed by atoms with Gasteiger partial charge in [0.15, 0.2) is 16.3 Å². The van der Waals surface area contributed by atoms with E-state index in [1.54, 1.807) is 12.1 Å². The number of hydrogen-bond acceptors (Lipinski definition) is 4. The molecule has 2 aromatic heterocycles. The first kappa shape index (κ1) is 14.5. The number of rotatable bonds is 5. The van der Waals surface area contributed by atoms with Crippen LogP contribution in [0.4, 0.5) is 0 Å². The molecule has 2 heterocycles. The number of furan rings is 1. The molecule has 112 valence electrons. The Kier molecular flexibility index (Phi) is 4.34. The highest BCUT2D eigenvalue weighted by Crippen LogP contribution is 2.14. The molecule has 1 aromatic carbocycles. The molecule has 0 spiro atoms. The summed E-state index contributed by atoms with van der Waals surface area (Å²) in [4.78, 5) is 16.2. The van der Waals surface area contributed by atoms with Crippen LogP contribution in [0, 0.1) is 0 Å². The van der Waals surface area contributed by atoms with Crippen molar-refractivity contribution in [2.75, 3.05) is 6.54 Å². The molecule has 6 nitrogen and oxygen atoms in total. The molecule has 0 fully saturated rings. The van der Waals surface area contributed by atoms with Gasteiger partial charge in [0.05, 0.1) is 0 Å². The fourth-order valence-electron chi connectivity index (χ4n) is 1.94. The number of benzene rings is 1. The average Bonchev–Trinajstić information content (AvgIpc) is 3.17. The van der Waals surface area contributed by atoms with Crippen molar-refractivity contribution in [3.8, 4) is 11.4 Å². The maximum absolute atomic E-state index is 11.8. The van der Waals surface area contributed by atoms with Gasteiger partial charge >= 0.3 is 0 Å². The van der Waals surface area contributed by atoms with E-state index in [2.05, 4.69) is 36.4 Å². The van der Waals surface area contributed by atoms with Crippen LogP contribution < -0.4 is 5.32 Å². The summed E-state index contributed by atoms with van der Waals surface area (Å²) in [6.07, 6.45) is 0.563. The second-order valence-corrected chi connectivity index (χ2v) is 5.36. The van der Waals surface area contributed by atoms with Crippen molar-refractivity contribution >= 4 is 21.8 Å². The molecule has 3 rings (SSSR count). The molecule has 0 unspecified atom stereocenters. The van der Waals surface area contributed by atoms with Gasteiger partial charge in [-0.3, -0.25) is 9.89 Å². The molecule has 7 heteroatoms. The van der Waals surface area contributed by atoms with Crippen molar-refractivity contribution in [2.24, 2.45) is 0 Å². The summed E-state index contributed by atoms with van der Waals surface area (Å²) in [7, 11) is 0. The summed E-state index contributed by atoms with van der Waals surface area (Å²) in [6, 6.07) is 13.0. The lowest BCUT2D eigenvalue weighted by Crippen LogP contribution is -2.25. The number of carbonyl (C=O) groups excluding carboxylic acids is 1. The van der Waals surface area contributed by atoms with E-state index in [-0.39, 0.29) is 11.7 Å². The predicted octanol–water partition coefficient (Wildman–Crippen LogP) is 2.80. The van der Waals surface area contributed by atoms with E-state index >= 15 is 0 Å². The number of hydrogen-bond donors (Lipinski definition) is 2. The number of H-pyrrole nitrogens is 1. The molecule has 3 aromatic rings. The second kappa shape index (κ2) is 6.57. The van der Waals surface area contributed by atoms with Crippen LogP contribution in [0.15, 0.2) is 51.6 Å². The van der Waals surface area contributed by atoms with Gasteiger partial charge in [-0.2, -0.15) is 5.10 Å². The summed E-state index contributed by atoms with van der Waals surface area (Å²) in [5.41, 5.74) is 0.953. The van der Waals surface area contributed by atoms with Crippen molar-refractivity contribution in [3.05, 3.63) is 58.7 Å². The standard InChI is InChI=1S/C15H13BrN4O2/c16-12-7-6-11(22-12)15(21)17-9-8-13-18-14(20-19-13)10-4-2-1-3-5-10/h1-7H,8-9H2,(H,17,21)(H,18,19,20). The summed E-state index contributed by atoms with van der Waals surface area (Å²) in [5, 5.41) is 9.82. The Bertz CT molecular complexity index is 767.